The quantitative estimate of drug-likeness (QED) is 0.182. The molecule has 0 unspecified atom stereocenters. The van der Waals surface area contributed by atoms with Crippen LogP contribution in [0, 0.1) is 22.7 Å². The molecule has 0 spiro atoms. The van der Waals surface area contributed by atoms with Crippen LogP contribution in [-0.4, -0.2) is 4.57 Å². The highest BCUT2D eigenvalue weighted by Gasteiger charge is 2.22. The number of nitrogens with zero attached hydrogens (tertiary/aromatic N) is 3. The summed E-state index contributed by atoms with van der Waals surface area (Å²) in [6.07, 6.45) is 6.09. The van der Waals surface area contributed by atoms with E-state index in [0.717, 1.165) is 66.4 Å². The first kappa shape index (κ1) is 30.4. The largest absolute Gasteiger partial charge is 0.309 e. The number of hydrogen-bond donors (Lipinski definition) is 0. The van der Waals surface area contributed by atoms with Crippen LogP contribution in [0.4, 0.5) is 0 Å². The Hall–Kier alpha value is -6.94. The Morgan fingerprint density at radius 1 is 0.560 bits per heavy atom. The molecule has 0 bridgehead atoms. The van der Waals surface area contributed by atoms with E-state index >= 15 is 0 Å². The summed E-state index contributed by atoms with van der Waals surface area (Å²) in [4.78, 5) is 0. The van der Waals surface area contributed by atoms with Gasteiger partial charge in [0.15, 0.2) is 0 Å². The molecule has 0 aliphatic heterocycles. The van der Waals surface area contributed by atoms with E-state index in [2.05, 4.69) is 145 Å². The van der Waals surface area contributed by atoms with Gasteiger partial charge >= 0.3 is 0 Å². The lowest BCUT2D eigenvalue weighted by Crippen LogP contribution is -1.99. The van der Waals surface area contributed by atoms with Gasteiger partial charge < -0.3 is 4.57 Å². The predicted molar refractivity (Wildman–Crippen MR) is 209 cm³/mol. The van der Waals surface area contributed by atoms with E-state index < -0.39 is 0 Å². The first-order valence-electron chi connectivity index (χ1n) is 16.6. The van der Waals surface area contributed by atoms with Crippen molar-refractivity contribution in [1.29, 1.82) is 10.5 Å². The number of aromatic nitrogens is 1. The van der Waals surface area contributed by atoms with Gasteiger partial charge in [0.25, 0.3) is 0 Å². The number of fused-ring (bicyclic) bond motifs is 4. The summed E-state index contributed by atoms with van der Waals surface area (Å²) >= 11 is 0. The summed E-state index contributed by atoms with van der Waals surface area (Å²) in [6.45, 7) is 6.29. The van der Waals surface area contributed by atoms with Crippen LogP contribution < -0.4 is 0 Å². The average Bonchev–Trinajstić information content (AvgIpc) is 3.51. The van der Waals surface area contributed by atoms with E-state index in [-0.39, 0.29) is 0 Å². The monoisotopic (exact) mass is 637 g/mol. The fraction of sp³-hybridized carbons (Fsp3) is 0.0213. The first-order valence-corrected chi connectivity index (χ1v) is 16.6. The summed E-state index contributed by atoms with van der Waals surface area (Å²) in [6, 6.07) is 52.6. The molecule has 0 aliphatic rings. The second kappa shape index (κ2) is 12.6. The Balaban J connectivity index is 1.42. The zero-order valence-corrected chi connectivity index (χ0v) is 27.6. The highest BCUT2D eigenvalue weighted by molar-refractivity contribution is 6.12. The Bertz CT molecular complexity index is 2690. The smallest absolute Gasteiger partial charge is 0.101 e. The van der Waals surface area contributed by atoms with Gasteiger partial charge in [-0.3, -0.25) is 0 Å². The first-order chi connectivity index (χ1) is 24.7. The molecule has 3 heteroatoms. The topological polar surface area (TPSA) is 52.5 Å². The van der Waals surface area contributed by atoms with Gasteiger partial charge in [-0.05, 0) is 93.0 Å². The maximum atomic E-state index is 10.5. The molecule has 8 aromatic rings. The highest BCUT2D eigenvalue weighted by atomic mass is 15.0. The van der Waals surface area contributed by atoms with Crippen molar-refractivity contribution in [2.75, 3.05) is 0 Å². The molecule has 7 aromatic carbocycles. The summed E-state index contributed by atoms with van der Waals surface area (Å²) in [5.41, 5.74) is 11.6. The average molecular weight is 638 g/mol. The fourth-order valence-corrected chi connectivity index (χ4v) is 7.49. The van der Waals surface area contributed by atoms with Crippen LogP contribution >= 0.6 is 0 Å². The minimum atomic E-state index is 0.338. The summed E-state index contributed by atoms with van der Waals surface area (Å²) in [7, 11) is 0. The molecule has 3 nitrogen and oxygen atoms in total. The van der Waals surface area contributed by atoms with Gasteiger partial charge in [0.05, 0.1) is 22.2 Å². The molecule has 0 N–H and O–H groups in total. The number of rotatable bonds is 6. The molecular formula is C47H31N3. The van der Waals surface area contributed by atoms with Crippen LogP contribution in [-0.2, 0) is 0 Å². The molecule has 0 aliphatic carbocycles. The third-order valence-electron chi connectivity index (χ3n) is 9.55. The van der Waals surface area contributed by atoms with Crippen molar-refractivity contribution >= 4 is 44.7 Å². The molecule has 8 rings (SSSR count). The number of nitriles is 2. The van der Waals surface area contributed by atoms with E-state index in [4.69, 9.17) is 0 Å². The Morgan fingerprint density at radius 2 is 1.14 bits per heavy atom. The van der Waals surface area contributed by atoms with Crippen molar-refractivity contribution in [3.05, 3.63) is 174 Å². The molecule has 234 valence electrons. The van der Waals surface area contributed by atoms with Crippen molar-refractivity contribution in [2.24, 2.45) is 0 Å². The molecule has 0 atom stereocenters. The highest BCUT2D eigenvalue weighted by Crippen LogP contribution is 2.45. The lowest BCUT2D eigenvalue weighted by molar-refractivity contribution is 1.18. The zero-order chi connectivity index (χ0) is 34.2. The number of para-hydroxylation sites is 2. The van der Waals surface area contributed by atoms with Crippen LogP contribution in [0.3, 0.4) is 0 Å². The van der Waals surface area contributed by atoms with E-state index in [1.54, 1.807) is 0 Å². The van der Waals surface area contributed by atoms with Crippen LogP contribution in [0.15, 0.2) is 152 Å². The lowest BCUT2D eigenvalue weighted by Gasteiger charge is -2.21. The van der Waals surface area contributed by atoms with Gasteiger partial charge in [-0.15, -0.1) is 0 Å². The molecule has 1 aromatic heterocycles. The third-order valence-corrected chi connectivity index (χ3v) is 9.55. The molecule has 0 radical (unpaired) electrons. The second-order valence-electron chi connectivity index (χ2n) is 12.3. The van der Waals surface area contributed by atoms with Crippen LogP contribution in [0.2, 0.25) is 0 Å². The van der Waals surface area contributed by atoms with Crippen LogP contribution in [0.5, 0.6) is 0 Å². The summed E-state index contributed by atoms with van der Waals surface area (Å²) in [5.74, 6) is 0. The summed E-state index contributed by atoms with van der Waals surface area (Å²) in [5, 5.41) is 25.5. The van der Waals surface area contributed by atoms with Gasteiger partial charge in [-0.1, -0.05) is 128 Å². The third kappa shape index (κ3) is 4.81. The fourth-order valence-electron chi connectivity index (χ4n) is 7.49. The van der Waals surface area contributed by atoms with E-state index in [1.165, 1.54) is 10.8 Å². The number of allylic oxidation sites excluding steroid dienone is 1. The minimum absolute atomic E-state index is 0.338. The maximum Gasteiger partial charge on any atom is 0.101 e. The van der Waals surface area contributed by atoms with Gasteiger partial charge in [0, 0.05) is 22.0 Å². The normalized spacial score (nSPS) is 11.3. The standard InChI is InChI=1S/C47H31N3/c1-3-15-39-36(4-2)46(31-16-6-5-7-17-31)40-22-8-9-23-41(40)47(39)33-26-34(29-48)43(30-49)42(28-33)32-18-14-19-35(27-32)50-44-24-12-10-20-37(44)38-21-11-13-25-45(38)50/h3-28H,2H2,1H3/b15-3-. The predicted octanol–water partition coefficient (Wildman–Crippen LogP) is 12.4. The van der Waals surface area contributed by atoms with Gasteiger partial charge in [-0.25, -0.2) is 0 Å². The van der Waals surface area contributed by atoms with Crippen molar-refractivity contribution in [3.63, 3.8) is 0 Å². The molecular weight excluding hydrogens is 607 g/mol. The summed E-state index contributed by atoms with van der Waals surface area (Å²) < 4.78 is 2.27. The molecule has 0 saturated carbocycles. The molecule has 0 saturated heterocycles. The van der Waals surface area contributed by atoms with Crippen molar-refractivity contribution in [3.8, 4) is 51.2 Å². The van der Waals surface area contributed by atoms with E-state index in [9.17, 15) is 10.5 Å². The number of benzene rings is 7. The zero-order valence-electron chi connectivity index (χ0n) is 27.6. The number of hydrogen-bond acceptors (Lipinski definition) is 2. The van der Waals surface area contributed by atoms with Crippen LogP contribution in [0.25, 0.3) is 83.8 Å². The van der Waals surface area contributed by atoms with Gasteiger partial charge in [0.1, 0.15) is 12.1 Å². The van der Waals surface area contributed by atoms with Crippen molar-refractivity contribution in [2.45, 2.75) is 6.92 Å². The Labute approximate surface area is 291 Å². The van der Waals surface area contributed by atoms with E-state index in [0.29, 0.717) is 16.7 Å². The van der Waals surface area contributed by atoms with Crippen molar-refractivity contribution in [1.82, 2.24) is 4.57 Å². The molecule has 0 amide bonds. The Kier molecular flexibility index (Phi) is 7.65. The Morgan fingerprint density at radius 3 is 1.74 bits per heavy atom. The van der Waals surface area contributed by atoms with Gasteiger partial charge in [-0.2, -0.15) is 10.5 Å². The van der Waals surface area contributed by atoms with E-state index in [1.807, 2.05) is 43.3 Å². The molecule has 0 fully saturated rings. The molecule has 1 heterocycles. The second-order valence-corrected chi connectivity index (χ2v) is 12.3. The maximum absolute atomic E-state index is 10.5. The van der Waals surface area contributed by atoms with Crippen LogP contribution in [0.1, 0.15) is 29.2 Å². The van der Waals surface area contributed by atoms with Crippen molar-refractivity contribution < 1.29 is 0 Å². The van der Waals surface area contributed by atoms with Gasteiger partial charge in [0.2, 0.25) is 0 Å². The SMILES string of the molecule is C=Cc1c(/C=C\C)c(-c2cc(C#N)c(C#N)c(-c3cccc(-n4c5ccccc5c5ccccc54)c3)c2)c2ccccc2c1-c1ccccc1. The lowest BCUT2D eigenvalue weighted by atomic mass is 9.82. The minimum Gasteiger partial charge on any atom is -0.309 e. The molecule has 50 heavy (non-hydrogen) atoms.